The van der Waals surface area contributed by atoms with Crippen LogP contribution in [0, 0.1) is 0 Å². The lowest BCUT2D eigenvalue weighted by Crippen LogP contribution is -2.00. The SMILES string of the molecule is CCCCC/C=C\C/C=C\CCCCCCCCON. The van der Waals surface area contributed by atoms with Gasteiger partial charge in [0.15, 0.2) is 0 Å². The summed E-state index contributed by atoms with van der Waals surface area (Å²) in [6, 6.07) is 0. The molecule has 0 saturated carbocycles. The molecule has 0 spiro atoms. The number of unbranched alkanes of at least 4 members (excludes halogenated alkanes) is 9. The molecule has 2 heteroatoms. The van der Waals surface area contributed by atoms with Crippen LogP contribution in [0.15, 0.2) is 24.3 Å². The van der Waals surface area contributed by atoms with Crippen molar-refractivity contribution in [3.63, 3.8) is 0 Å². The van der Waals surface area contributed by atoms with Crippen molar-refractivity contribution in [2.45, 2.75) is 84.0 Å². The fraction of sp³-hybridized carbons (Fsp3) is 0.778. The van der Waals surface area contributed by atoms with Gasteiger partial charge in [0.2, 0.25) is 0 Å². The second-order valence-electron chi connectivity index (χ2n) is 5.46. The summed E-state index contributed by atoms with van der Waals surface area (Å²) in [5, 5.41) is 0. The van der Waals surface area contributed by atoms with Gasteiger partial charge in [0, 0.05) is 0 Å². The zero-order chi connectivity index (χ0) is 14.7. The average molecular weight is 281 g/mol. The Kier molecular flexibility index (Phi) is 17.8. The highest BCUT2D eigenvalue weighted by atomic mass is 16.6. The first-order valence-corrected chi connectivity index (χ1v) is 8.53. The van der Waals surface area contributed by atoms with Gasteiger partial charge in [0.05, 0.1) is 6.61 Å². The van der Waals surface area contributed by atoms with Gasteiger partial charge in [-0.15, -0.1) is 0 Å². The molecule has 0 aliphatic carbocycles. The highest BCUT2D eigenvalue weighted by Crippen LogP contribution is 2.07. The minimum Gasteiger partial charge on any atom is -0.305 e. The smallest absolute Gasteiger partial charge is 0.0679 e. The van der Waals surface area contributed by atoms with Gasteiger partial charge in [-0.1, -0.05) is 69.8 Å². The molecular weight excluding hydrogens is 246 g/mol. The van der Waals surface area contributed by atoms with Gasteiger partial charge in [-0.2, -0.15) is 0 Å². The zero-order valence-corrected chi connectivity index (χ0v) is 13.5. The van der Waals surface area contributed by atoms with Crippen LogP contribution in [-0.2, 0) is 4.84 Å². The van der Waals surface area contributed by atoms with Gasteiger partial charge in [-0.05, 0) is 38.5 Å². The van der Waals surface area contributed by atoms with Crippen LogP contribution in [0.2, 0.25) is 0 Å². The maximum Gasteiger partial charge on any atom is 0.0679 e. The highest BCUT2D eigenvalue weighted by Gasteiger charge is 1.90. The fourth-order valence-corrected chi connectivity index (χ4v) is 2.17. The van der Waals surface area contributed by atoms with E-state index in [4.69, 9.17) is 5.90 Å². The maximum atomic E-state index is 4.98. The largest absolute Gasteiger partial charge is 0.305 e. The second-order valence-corrected chi connectivity index (χ2v) is 5.46. The van der Waals surface area contributed by atoms with Gasteiger partial charge >= 0.3 is 0 Å². The predicted molar refractivity (Wildman–Crippen MR) is 89.5 cm³/mol. The normalized spacial score (nSPS) is 11.9. The van der Waals surface area contributed by atoms with Gasteiger partial charge in [0.1, 0.15) is 0 Å². The lowest BCUT2D eigenvalue weighted by molar-refractivity contribution is 0.133. The molecule has 0 bridgehead atoms. The van der Waals surface area contributed by atoms with E-state index in [0.717, 1.165) is 12.8 Å². The first-order chi connectivity index (χ1) is 9.91. The lowest BCUT2D eigenvalue weighted by atomic mass is 10.1. The first kappa shape index (κ1) is 19.4. The summed E-state index contributed by atoms with van der Waals surface area (Å²) in [7, 11) is 0. The van der Waals surface area contributed by atoms with Crippen LogP contribution in [0.5, 0.6) is 0 Å². The third-order valence-corrected chi connectivity index (χ3v) is 3.46. The highest BCUT2D eigenvalue weighted by molar-refractivity contribution is 4.92. The second kappa shape index (κ2) is 18.4. The lowest BCUT2D eigenvalue weighted by Gasteiger charge is -1.99. The van der Waals surface area contributed by atoms with E-state index in [1.54, 1.807) is 0 Å². The van der Waals surface area contributed by atoms with Crippen LogP contribution >= 0.6 is 0 Å². The van der Waals surface area contributed by atoms with Crippen molar-refractivity contribution in [3.05, 3.63) is 24.3 Å². The Hall–Kier alpha value is -0.600. The third-order valence-electron chi connectivity index (χ3n) is 3.46. The Morgan fingerprint density at radius 2 is 1.25 bits per heavy atom. The zero-order valence-electron chi connectivity index (χ0n) is 13.5. The number of nitrogens with two attached hydrogens (primary N) is 1. The quantitative estimate of drug-likeness (QED) is 0.238. The molecule has 20 heavy (non-hydrogen) atoms. The Labute approximate surface area is 126 Å². The molecule has 0 rings (SSSR count). The van der Waals surface area contributed by atoms with Crippen LogP contribution in [-0.4, -0.2) is 6.61 Å². The van der Waals surface area contributed by atoms with Crippen molar-refractivity contribution in [1.29, 1.82) is 0 Å². The molecule has 0 unspecified atom stereocenters. The summed E-state index contributed by atoms with van der Waals surface area (Å²) in [4.78, 5) is 4.55. The predicted octanol–water partition coefficient (Wildman–Crippen LogP) is 5.69. The molecule has 0 aliphatic heterocycles. The Morgan fingerprint density at radius 3 is 1.85 bits per heavy atom. The number of allylic oxidation sites excluding steroid dienone is 4. The molecule has 0 aromatic carbocycles. The van der Waals surface area contributed by atoms with Crippen LogP contribution < -0.4 is 5.90 Å². The summed E-state index contributed by atoms with van der Waals surface area (Å²) in [5.74, 6) is 4.98. The van der Waals surface area contributed by atoms with Crippen molar-refractivity contribution in [2.75, 3.05) is 6.61 Å². The van der Waals surface area contributed by atoms with E-state index in [9.17, 15) is 0 Å². The summed E-state index contributed by atoms with van der Waals surface area (Å²) < 4.78 is 0. The molecule has 2 nitrogen and oxygen atoms in total. The minimum absolute atomic E-state index is 0.703. The summed E-state index contributed by atoms with van der Waals surface area (Å²) in [6.45, 7) is 2.95. The van der Waals surface area contributed by atoms with Crippen molar-refractivity contribution in [2.24, 2.45) is 5.90 Å². The van der Waals surface area contributed by atoms with Gasteiger partial charge in [-0.25, -0.2) is 5.90 Å². The maximum absolute atomic E-state index is 4.98. The van der Waals surface area contributed by atoms with Crippen molar-refractivity contribution < 1.29 is 4.84 Å². The Balaban J connectivity index is 3.12. The standard InChI is InChI=1S/C18H35NO/c1-2-3-4-5-6-7-8-9-10-11-12-13-14-15-16-17-18-20-19/h6-7,9-10H,2-5,8,11-19H2,1H3/b7-6-,10-9-. The molecule has 0 aromatic heterocycles. The van der Waals surface area contributed by atoms with E-state index in [2.05, 4.69) is 36.1 Å². The molecule has 0 aliphatic rings. The van der Waals surface area contributed by atoms with E-state index < -0.39 is 0 Å². The van der Waals surface area contributed by atoms with Gasteiger partial charge in [-0.3, -0.25) is 0 Å². The summed E-state index contributed by atoms with van der Waals surface area (Å²) in [5.41, 5.74) is 0. The summed E-state index contributed by atoms with van der Waals surface area (Å²) in [6.07, 6.45) is 24.5. The molecular formula is C18H35NO. The van der Waals surface area contributed by atoms with Crippen LogP contribution in [0.1, 0.15) is 84.0 Å². The molecule has 0 aromatic rings. The molecule has 0 amide bonds. The van der Waals surface area contributed by atoms with E-state index in [1.807, 2.05) is 0 Å². The van der Waals surface area contributed by atoms with Gasteiger partial charge < -0.3 is 4.84 Å². The molecule has 0 saturated heterocycles. The van der Waals surface area contributed by atoms with Crippen molar-refractivity contribution in [1.82, 2.24) is 0 Å². The summed E-state index contributed by atoms with van der Waals surface area (Å²) >= 11 is 0. The van der Waals surface area contributed by atoms with E-state index in [0.29, 0.717) is 6.61 Å². The molecule has 2 N–H and O–H groups in total. The number of rotatable bonds is 15. The minimum atomic E-state index is 0.703. The fourth-order valence-electron chi connectivity index (χ4n) is 2.17. The van der Waals surface area contributed by atoms with Crippen molar-refractivity contribution in [3.8, 4) is 0 Å². The molecule has 0 fully saturated rings. The number of hydrogen-bond acceptors (Lipinski definition) is 2. The molecule has 0 heterocycles. The monoisotopic (exact) mass is 281 g/mol. The van der Waals surface area contributed by atoms with Crippen LogP contribution in [0.25, 0.3) is 0 Å². The van der Waals surface area contributed by atoms with Gasteiger partial charge in [0.25, 0.3) is 0 Å². The van der Waals surface area contributed by atoms with E-state index in [1.165, 1.54) is 64.2 Å². The van der Waals surface area contributed by atoms with Crippen LogP contribution in [0.4, 0.5) is 0 Å². The third kappa shape index (κ3) is 17.4. The van der Waals surface area contributed by atoms with E-state index in [-0.39, 0.29) is 0 Å². The Bertz CT molecular complexity index is 223. The molecule has 0 atom stereocenters. The van der Waals surface area contributed by atoms with E-state index >= 15 is 0 Å². The molecule has 0 radical (unpaired) electrons. The van der Waals surface area contributed by atoms with Crippen LogP contribution in [0.3, 0.4) is 0 Å². The molecule has 118 valence electrons. The first-order valence-electron chi connectivity index (χ1n) is 8.53. The Morgan fingerprint density at radius 1 is 0.700 bits per heavy atom. The number of hydrogen-bond donors (Lipinski definition) is 1. The van der Waals surface area contributed by atoms with Crippen molar-refractivity contribution >= 4 is 0 Å². The average Bonchev–Trinajstić information content (AvgIpc) is 2.47. The topological polar surface area (TPSA) is 35.2 Å².